The molecule has 0 spiro atoms. The second kappa shape index (κ2) is 7.17. The van der Waals surface area contributed by atoms with Crippen molar-refractivity contribution in [1.82, 2.24) is 4.31 Å². The smallest absolute Gasteiger partial charge is 0.341 e. The van der Waals surface area contributed by atoms with Gasteiger partial charge in [0.2, 0.25) is 0 Å². The number of esters is 2. The lowest BCUT2D eigenvalue weighted by Crippen LogP contribution is -2.54. The topological polar surface area (TPSA) is 108 Å². The highest BCUT2D eigenvalue weighted by atomic mass is 32.2. The number of hydrogen-bond donors (Lipinski definition) is 0. The molecular weight excluding hydrogens is 414 g/mol. The van der Waals surface area contributed by atoms with Crippen molar-refractivity contribution in [2.75, 3.05) is 6.61 Å². The molecule has 3 aliphatic rings. The molecule has 2 unspecified atom stereocenters. The Morgan fingerprint density at radius 2 is 1.40 bits per heavy atom. The van der Waals surface area contributed by atoms with Gasteiger partial charge in [-0.25, -0.2) is 9.59 Å². The molecule has 30 heavy (non-hydrogen) atoms. The molecule has 0 N–H and O–H groups in total. The van der Waals surface area contributed by atoms with E-state index in [2.05, 4.69) is 0 Å². The summed E-state index contributed by atoms with van der Waals surface area (Å²) in [6.07, 6.45) is -3.79. The molecule has 3 fully saturated rings. The summed E-state index contributed by atoms with van der Waals surface area (Å²) in [4.78, 5) is 25.3. The van der Waals surface area contributed by atoms with Crippen molar-refractivity contribution in [2.24, 2.45) is 0 Å². The minimum Gasteiger partial charge on any atom is -0.453 e. The molecule has 0 aliphatic carbocycles. The van der Waals surface area contributed by atoms with Crippen molar-refractivity contribution >= 4 is 22.2 Å². The average Bonchev–Trinajstić information content (AvgIpc) is 3.51. The van der Waals surface area contributed by atoms with Crippen molar-refractivity contribution in [3.63, 3.8) is 0 Å². The molecule has 0 aromatic heterocycles. The minimum atomic E-state index is -4.02. The van der Waals surface area contributed by atoms with Gasteiger partial charge in [0.05, 0.1) is 17.7 Å². The molecule has 6 atom stereocenters. The van der Waals surface area contributed by atoms with Gasteiger partial charge in [-0.05, 0) is 24.3 Å². The Labute approximate surface area is 172 Å². The van der Waals surface area contributed by atoms with Gasteiger partial charge >= 0.3 is 22.2 Å². The van der Waals surface area contributed by atoms with Crippen LogP contribution < -0.4 is 0 Å². The SMILES string of the molecule is O=C(O[C@@H]1[C@@H]2[C@H]3OC(COS(=O)(=O)N23)[C@H]1OC(=O)c1ccccc1)c1ccccc1. The first kappa shape index (κ1) is 19.2. The van der Waals surface area contributed by atoms with E-state index in [0.717, 1.165) is 4.31 Å². The molecule has 0 radical (unpaired) electrons. The number of nitrogens with zero attached hydrogens (tertiary/aromatic N) is 1. The minimum absolute atomic E-state index is 0.300. The van der Waals surface area contributed by atoms with Gasteiger partial charge in [0, 0.05) is 0 Å². The predicted molar refractivity (Wildman–Crippen MR) is 100 cm³/mol. The Morgan fingerprint density at radius 1 is 0.867 bits per heavy atom. The number of ether oxygens (including phenoxy) is 3. The van der Waals surface area contributed by atoms with E-state index in [0.29, 0.717) is 11.1 Å². The first-order chi connectivity index (χ1) is 14.5. The molecule has 0 saturated carbocycles. The number of benzene rings is 2. The first-order valence-corrected chi connectivity index (χ1v) is 10.7. The standard InChI is InChI=1S/C20H17NO8S/c22-19(12-7-3-1-4-8-12)28-16-14-11-26-30(24,25)21-15(18(21)27-14)17(16)29-20(23)13-9-5-2-6-10-13/h1-10,14-18H,11H2/t14?,15-,16-,17-,18-,21?/m1/s1. The van der Waals surface area contributed by atoms with Crippen LogP contribution in [0.4, 0.5) is 0 Å². The Kier molecular flexibility index (Phi) is 4.58. The Morgan fingerprint density at radius 3 is 1.97 bits per heavy atom. The number of hydrogen-bond acceptors (Lipinski definition) is 8. The van der Waals surface area contributed by atoms with E-state index in [9.17, 15) is 18.0 Å². The van der Waals surface area contributed by atoms with E-state index >= 15 is 0 Å². The Balaban J connectivity index is 1.44. The summed E-state index contributed by atoms with van der Waals surface area (Å²) in [6, 6.07) is 15.8. The van der Waals surface area contributed by atoms with Crippen molar-refractivity contribution in [1.29, 1.82) is 0 Å². The van der Waals surface area contributed by atoms with Crippen LogP contribution in [0, 0.1) is 0 Å². The van der Waals surface area contributed by atoms with Crippen LogP contribution in [0.5, 0.6) is 0 Å². The van der Waals surface area contributed by atoms with Crippen LogP contribution >= 0.6 is 0 Å². The van der Waals surface area contributed by atoms with Gasteiger partial charge in [0.25, 0.3) is 0 Å². The van der Waals surface area contributed by atoms with E-state index in [-0.39, 0.29) is 6.61 Å². The van der Waals surface area contributed by atoms with Crippen LogP contribution in [0.1, 0.15) is 20.7 Å². The summed E-state index contributed by atoms with van der Waals surface area (Å²) in [5, 5.41) is 0. The summed E-state index contributed by atoms with van der Waals surface area (Å²) < 4.78 is 47.5. The summed E-state index contributed by atoms with van der Waals surface area (Å²) in [5.74, 6) is -1.28. The van der Waals surface area contributed by atoms with E-state index < -0.39 is 52.8 Å². The highest BCUT2D eigenvalue weighted by Gasteiger charge is 2.71. The lowest BCUT2D eigenvalue weighted by molar-refractivity contribution is -0.143. The molecule has 3 saturated heterocycles. The van der Waals surface area contributed by atoms with Gasteiger partial charge in [0.15, 0.2) is 12.2 Å². The maximum absolute atomic E-state index is 12.7. The highest BCUT2D eigenvalue weighted by Crippen LogP contribution is 2.47. The maximum Gasteiger partial charge on any atom is 0.341 e. The van der Waals surface area contributed by atoms with Crippen molar-refractivity contribution in [3.05, 3.63) is 71.8 Å². The molecule has 3 heterocycles. The van der Waals surface area contributed by atoms with Crippen LogP contribution in [0.15, 0.2) is 60.7 Å². The van der Waals surface area contributed by atoms with Crippen molar-refractivity contribution in [2.45, 2.75) is 30.6 Å². The average molecular weight is 431 g/mol. The van der Waals surface area contributed by atoms with Crippen molar-refractivity contribution in [3.8, 4) is 0 Å². The van der Waals surface area contributed by atoms with E-state index in [1.54, 1.807) is 60.7 Å². The van der Waals surface area contributed by atoms with Gasteiger partial charge < -0.3 is 14.2 Å². The van der Waals surface area contributed by atoms with Gasteiger partial charge in [0.1, 0.15) is 18.4 Å². The fourth-order valence-electron chi connectivity index (χ4n) is 3.75. The molecule has 2 aromatic carbocycles. The zero-order valence-electron chi connectivity index (χ0n) is 15.5. The zero-order valence-corrected chi connectivity index (χ0v) is 16.3. The third kappa shape index (κ3) is 3.27. The largest absolute Gasteiger partial charge is 0.453 e. The Bertz CT molecular complexity index is 1070. The Hall–Kier alpha value is -2.79. The van der Waals surface area contributed by atoms with Gasteiger partial charge in [-0.3, -0.25) is 4.18 Å². The van der Waals surface area contributed by atoms with Crippen LogP contribution in [0.2, 0.25) is 0 Å². The molecule has 2 aromatic rings. The third-order valence-electron chi connectivity index (χ3n) is 5.23. The maximum atomic E-state index is 12.7. The fourth-order valence-corrected chi connectivity index (χ4v) is 5.08. The van der Waals surface area contributed by atoms with Gasteiger partial charge in [-0.2, -0.15) is 8.42 Å². The predicted octanol–water partition coefficient (Wildman–Crippen LogP) is 1.12. The highest BCUT2D eigenvalue weighted by molar-refractivity contribution is 7.84. The second-order valence-electron chi connectivity index (χ2n) is 7.10. The molecule has 9 nitrogen and oxygen atoms in total. The second-order valence-corrected chi connectivity index (χ2v) is 8.61. The third-order valence-corrected chi connectivity index (χ3v) is 6.63. The van der Waals surface area contributed by atoms with Crippen LogP contribution in [0.25, 0.3) is 0 Å². The molecule has 2 bridgehead atoms. The quantitative estimate of drug-likeness (QED) is 0.524. The number of carbonyl (C=O) groups excluding carboxylic acids is 2. The summed E-state index contributed by atoms with van der Waals surface area (Å²) >= 11 is 0. The van der Waals surface area contributed by atoms with E-state index in [1.165, 1.54) is 0 Å². The molecular formula is C20H17NO8S. The van der Waals surface area contributed by atoms with Crippen LogP contribution in [-0.4, -0.2) is 61.9 Å². The molecule has 3 aliphatic heterocycles. The fraction of sp³-hybridized carbons (Fsp3) is 0.300. The number of rotatable bonds is 4. The summed E-state index contributed by atoms with van der Waals surface area (Å²) in [6.45, 7) is -0.353. The van der Waals surface area contributed by atoms with Crippen molar-refractivity contribution < 1.29 is 36.4 Å². The van der Waals surface area contributed by atoms with Crippen LogP contribution in [-0.2, 0) is 28.7 Å². The molecule has 0 amide bonds. The summed E-state index contributed by atoms with van der Waals surface area (Å²) in [5.41, 5.74) is 0.610. The zero-order chi connectivity index (χ0) is 20.9. The number of carbonyl (C=O) groups is 2. The van der Waals surface area contributed by atoms with E-state index in [1.807, 2.05) is 0 Å². The molecule has 156 valence electrons. The van der Waals surface area contributed by atoms with Crippen LogP contribution in [0.3, 0.4) is 0 Å². The lowest BCUT2D eigenvalue weighted by atomic mass is 10.0. The summed E-state index contributed by atoms with van der Waals surface area (Å²) in [7, 11) is -4.02. The van der Waals surface area contributed by atoms with Gasteiger partial charge in [-0.15, -0.1) is 4.31 Å². The molecule has 10 heteroatoms. The lowest BCUT2D eigenvalue weighted by Gasteiger charge is -2.35. The number of fused-ring (bicyclic) bond motifs is 2. The van der Waals surface area contributed by atoms with E-state index in [4.69, 9.17) is 18.4 Å². The normalized spacial score (nSPS) is 33.1. The first-order valence-electron chi connectivity index (χ1n) is 9.31. The van der Waals surface area contributed by atoms with Gasteiger partial charge in [-0.1, -0.05) is 36.4 Å². The molecule has 5 rings (SSSR count). The monoisotopic (exact) mass is 431 g/mol.